The third kappa shape index (κ3) is 4.92. The Morgan fingerprint density at radius 1 is 1.20 bits per heavy atom. The number of alkyl halides is 3. The monoisotopic (exact) mass is 493 g/mol. The number of benzene rings is 1. The van der Waals surface area contributed by atoms with Gasteiger partial charge in [-0.3, -0.25) is 15.1 Å². The zero-order valence-electron chi connectivity index (χ0n) is 18.2. The van der Waals surface area contributed by atoms with E-state index in [1.807, 2.05) is 6.07 Å². The third-order valence-electron chi connectivity index (χ3n) is 5.37. The van der Waals surface area contributed by atoms with Gasteiger partial charge in [-0.25, -0.2) is 27.3 Å². The van der Waals surface area contributed by atoms with E-state index in [0.29, 0.717) is 5.56 Å². The molecule has 0 fully saturated rings. The van der Waals surface area contributed by atoms with Gasteiger partial charge in [-0.05, 0) is 36.8 Å². The lowest BCUT2D eigenvalue weighted by atomic mass is 9.88. The highest BCUT2D eigenvalue weighted by molar-refractivity contribution is 6.04. The van der Waals surface area contributed by atoms with Crippen LogP contribution in [0.5, 0.6) is 0 Å². The van der Waals surface area contributed by atoms with E-state index in [4.69, 9.17) is 15.1 Å². The van der Waals surface area contributed by atoms with E-state index in [0.717, 1.165) is 12.1 Å². The number of hydrogen-bond acceptors (Lipinski definition) is 6. The maximum absolute atomic E-state index is 14.8. The van der Waals surface area contributed by atoms with Crippen LogP contribution in [0, 0.1) is 24.1 Å². The molecule has 1 aliphatic heterocycles. The van der Waals surface area contributed by atoms with Crippen molar-refractivity contribution in [1.82, 2.24) is 10.3 Å². The molecule has 35 heavy (non-hydrogen) atoms. The molecule has 2 heterocycles. The number of anilines is 1. The Bertz CT molecular complexity index is 1230. The van der Waals surface area contributed by atoms with Crippen LogP contribution in [0.3, 0.4) is 0 Å². The number of hydrogen-bond donors (Lipinski definition) is 3. The van der Waals surface area contributed by atoms with E-state index >= 15 is 0 Å². The smallest absolute Gasteiger partial charge is 0.410 e. The van der Waals surface area contributed by atoms with E-state index in [9.17, 15) is 27.2 Å². The molecule has 2 amide bonds. The van der Waals surface area contributed by atoms with Crippen LogP contribution in [0.15, 0.2) is 35.5 Å². The van der Waals surface area contributed by atoms with Gasteiger partial charge in [0.2, 0.25) is 0 Å². The van der Waals surface area contributed by atoms with Gasteiger partial charge in [0.25, 0.3) is 5.91 Å². The molecule has 13 heteroatoms. The van der Waals surface area contributed by atoms with Crippen molar-refractivity contribution < 1.29 is 37.0 Å². The summed E-state index contributed by atoms with van der Waals surface area (Å²) in [5, 5.41) is 22.1. The Balaban J connectivity index is 2.02. The number of ether oxygens (including phenoxy) is 1. The van der Waals surface area contributed by atoms with E-state index in [2.05, 4.69) is 15.3 Å². The van der Waals surface area contributed by atoms with Crippen LogP contribution in [0.2, 0.25) is 0 Å². The number of nitrogens with zero attached hydrogens (tertiary/aromatic N) is 3. The molecule has 184 valence electrons. The molecule has 1 atom stereocenters. The third-order valence-corrected chi connectivity index (χ3v) is 5.37. The molecule has 9 nitrogen and oxygen atoms in total. The summed E-state index contributed by atoms with van der Waals surface area (Å²) in [7, 11) is 0. The van der Waals surface area contributed by atoms with Gasteiger partial charge >= 0.3 is 6.09 Å². The van der Waals surface area contributed by atoms with Crippen LogP contribution >= 0.6 is 0 Å². The molecule has 3 rings (SSSR count). The molecular weight excluding hydrogens is 474 g/mol. The fourth-order valence-electron chi connectivity index (χ4n) is 3.46. The van der Waals surface area contributed by atoms with Crippen molar-refractivity contribution in [1.29, 1.82) is 5.26 Å². The molecule has 0 spiro atoms. The minimum absolute atomic E-state index is 0.000508. The van der Waals surface area contributed by atoms with Crippen molar-refractivity contribution in [3.63, 3.8) is 0 Å². The van der Waals surface area contributed by atoms with Gasteiger partial charge in [0.05, 0.1) is 12.2 Å². The van der Waals surface area contributed by atoms with Crippen molar-refractivity contribution in [3.05, 3.63) is 58.7 Å². The summed E-state index contributed by atoms with van der Waals surface area (Å²) in [5.74, 6) is -2.54. The van der Waals surface area contributed by atoms with Crippen LogP contribution in [0.25, 0.3) is 0 Å². The molecule has 0 bridgehead atoms. The number of nitriles is 1. The summed E-state index contributed by atoms with van der Waals surface area (Å²) >= 11 is 0. The van der Waals surface area contributed by atoms with Gasteiger partial charge in [-0.15, -0.1) is 0 Å². The number of pyridine rings is 1. The number of nitrogens with one attached hydrogen (secondary N) is 2. The zero-order chi connectivity index (χ0) is 25.8. The molecule has 0 saturated heterocycles. The average Bonchev–Trinajstić information content (AvgIpc) is 2.84. The molecule has 1 aliphatic rings. The quantitative estimate of drug-likeness (QED) is 0.529. The Hall–Kier alpha value is -4.05. The second-order valence-corrected chi connectivity index (χ2v) is 7.76. The highest BCUT2D eigenvalue weighted by Gasteiger charge is 2.50. The number of rotatable bonds is 6. The molecule has 1 aromatic carbocycles. The second kappa shape index (κ2) is 10.1. The fraction of sp³-hybridized carbons (Fsp3) is 0.318. The predicted octanol–water partition coefficient (Wildman–Crippen LogP) is 3.19. The van der Waals surface area contributed by atoms with Gasteiger partial charge in [0, 0.05) is 17.4 Å². The second-order valence-electron chi connectivity index (χ2n) is 7.76. The summed E-state index contributed by atoms with van der Waals surface area (Å²) < 4.78 is 61.5. The number of aromatic nitrogens is 1. The van der Waals surface area contributed by atoms with Crippen LogP contribution in [0.1, 0.15) is 27.2 Å². The average molecular weight is 493 g/mol. The molecule has 0 saturated carbocycles. The van der Waals surface area contributed by atoms with Crippen LogP contribution < -0.4 is 10.6 Å². The number of carboxylic acid groups (broad SMARTS) is 1. The maximum atomic E-state index is 14.8. The van der Waals surface area contributed by atoms with E-state index < -0.39 is 67.0 Å². The van der Waals surface area contributed by atoms with Crippen molar-refractivity contribution in [2.45, 2.75) is 18.1 Å². The molecule has 0 unspecified atom stereocenters. The maximum Gasteiger partial charge on any atom is 0.410 e. The number of amidine groups is 1. The lowest BCUT2D eigenvalue weighted by molar-refractivity contribution is -0.0657. The minimum atomic E-state index is -2.42. The number of amides is 2. The molecular formula is C22H19F4N5O4. The normalized spacial score (nSPS) is 18.8. The SMILES string of the molecule is Cc1cc(C#N)cnc1C(=O)Nc1ccc(F)c([C@]2(CF)COC(CF)(CF)C(NC(=O)O)=N2)c1. The largest absolute Gasteiger partial charge is 0.465 e. The van der Waals surface area contributed by atoms with E-state index in [-0.39, 0.29) is 16.9 Å². The van der Waals surface area contributed by atoms with E-state index in [1.165, 1.54) is 18.3 Å². The fourth-order valence-corrected chi connectivity index (χ4v) is 3.46. The molecule has 2 aromatic rings. The first kappa shape index (κ1) is 25.6. The zero-order valence-corrected chi connectivity index (χ0v) is 18.2. The van der Waals surface area contributed by atoms with Gasteiger partial charge < -0.3 is 15.2 Å². The Labute approximate surface area is 196 Å². The Morgan fingerprint density at radius 2 is 1.91 bits per heavy atom. The summed E-state index contributed by atoms with van der Waals surface area (Å²) in [6.45, 7) is -3.70. The molecule has 0 radical (unpaired) electrons. The van der Waals surface area contributed by atoms with Gasteiger partial charge in [0.15, 0.2) is 5.60 Å². The predicted molar refractivity (Wildman–Crippen MR) is 115 cm³/mol. The Morgan fingerprint density at radius 3 is 2.49 bits per heavy atom. The highest BCUT2D eigenvalue weighted by atomic mass is 19.1. The summed E-state index contributed by atoms with van der Waals surface area (Å²) in [5.41, 5.74) is -4.44. The standard InChI is InChI=1S/C22H19F4N5O4/c1-12-4-13(6-27)7-28-17(12)18(32)29-14-2-3-16(26)15(5-14)21(8-23)11-35-22(9-24,10-25)19(31-21)30-20(33)34/h2-5,7H,8-11H2,1H3,(H,29,32)(H,30,31)(H,33,34)/t21-/m0/s1. The van der Waals surface area contributed by atoms with Crippen molar-refractivity contribution in [2.24, 2.45) is 4.99 Å². The highest BCUT2D eigenvalue weighted by Crippen LogP contribution is 2.37. The molecule has 0 aliphatic carbocycles. The first-order valence-electron chi connectivity index (χ1n) is 10.0. The first-order valence-corrected chi connectivity index (χ1v) is 10.0. The van der Waals surface area contributed by atoms with Crippen LogP contribution in [-0.4, -0.2) is 60.2 Å². The number of aliphatic imine (C=N–C) groups is 1. The lowest BCUT2D eigenvalue weighted by Crippen LogP contribution is -2.60. The van der Waals surface area contributed by atoms with Crippen molar-refractivity contribution >= 4 is 23.5 Å². The van der Waals surface area contributed by atoms with Gasteiger partial charge in [-0.2, -0.15) is 5.26 Å². The van der Waals surface area contributed by atoms with Crippen molar-refractivity contribution in [3.8, 4) is 6.07 Å². The number of carbonyl (C=O) groups is 2. The lowest BCUT2D eigenvalue weighted by Gasteiger charge is -2.40. The molecule has 3 N–H and O–H groups in total. The van der Waals surface area contributed by atoms with E-state index in [1.54, 1.807) is 12.2 Å². The van der Waals surface area contributed by atoms with Crippen LogP contribution in [0.4, 0.5) is 28.0 Å². The molecule has 1 aromatic heterocycles. The number of aryl methyl sites for hydroxylation is 1. The summed E-state index contributed by atoms with van der Waals surface area (Å²) in [6.07, 6.45) is -0.538. The summed E-state index contributed by atoms with van der Waals surface area (Å²) in [4.78, 5) is 31.6. The number of halogens is 4. The van der Waals surface area contributed by atoms with Crippen molar-refractivity contribution in [2.75, 3.05) is 31.9 Å². The summed E-state index contributed by atoms with van der Waals surface area (Å²) in [6, 6.07) is 6.48. The van der Waals surface area contributed by atoms with Gasteiger partial charge in [0.1, 0.15) is 49.0 Å². The topological polar surface area (TPSA) is 137 Å². The van der Waals surface area contributed by atoms with Gasteiger partial charge in [-0.1, -0.05) is 0 Å². The Kier molecular flexibility index (Phi) is 7.35. The number of carbonyl (C=O) groups excluding carboxylic acids is 1. The van der Waals surface area contributed by atoms with Crippen LogP contribution in [-0.2, 0) is 10.3 Å². The first-order chi connectivity index (χ1) is 16.6. The minimum Gasteiger partial charge on any atom is -0.465 e.